The van der Waals surface area contributed by atoms with Gasteiger partial charge in [0.25, 0.3) is 0 Å². The van der Waals surface area contributed by atoms with Crippen molar-refractivity contribution in [2.24, 2.45) is 5.92 Å². The maximum absolute atomic E-state index is 9.85. The van der Waals surface area contributed by atoms with Crippen molar-refractivity contribution in [2.45, 2.75) is 43.5 Å². The third kappa shape index (κ3) is 4.88. The normalized spacial score (nSPS) is 41.5. The average molecular weight is 348 g/mol. The second-order valence-electron chi connectivity index (χ2n) is 4.99. The molecule has 126 valence electrons. The van der Waals surface area contributed by atoms with Crippen LogP contribution < -0.4 is 0 Å². The summed E-state index contributed by atoms with van der Waals surface area (Å²) in [6, 6.07) is 0. The molecule has 1 saturated carbocycles. The number of rotatable bonds is 6. The Balaban J connectivity index is 2.72. The van der Waals surface area contributed by atoms with Crippen molar-refractivity contribution in [2.75, 3.05) is 13.2 Å². The molecule has 0 heterocycles. The summed E-state index contributed by atoms with van der Waals surface area (Å²) in [6.45, 7) is -3.65. The Kier molecular flexibility index (Phi) is 7.10. The second-order valence-corrected chi connectivity index (χ2v) is 7.78. The number of hydrogen-bond donors (Lipinski definition) is 7. The van der Waals surface area contributed by atoms with Crippen LogP contribution >= 0.6 is 6.72 Å². The Bertz CT molecular complexity index is 368. The Morgan fingerprint density at radius 2 is 1.57 bits per heavy atom. The van der Waals surface area contributed by atoms with Crippen LogP contribution in [-0.2, 0) is 20.9 Å². The zero-order chi connectivity index (χ0) is 16.4. The van der Waals surface area contributed by atoms with E-state index in [1.54, 1.807) is 0 Å². The van der Waals surface area contributed by atoms with E-state index in [0.29, 0.717) is 0 Å². The summed E-state index contributed by atoms with van der Waals surface area (Å²) in [7, 11) is 0. The molecule has 4 unspecified atom stereocenters. The molecule has 0 spiro atoms. The Hall–Kier alpha value is 0.290. The van der Waals surface area contributed by atoms with Gasteiger partial charge in [0, 0.05) is 5.92 Å². The first-order valence-corrected chi connectivity index (χ1v) is 8.86. The Morgan fingerprint density at radius 3 is 2.00 bits per heavy atom. The fraction of sp³-hybridized carbons (Fsp3) is 1.00. The number of hydrogen-bond acceptors (Lipinski definition) is 9. The van der Waals surface area contributed by atoms with Crippen LogP contribution in [0.1, 0.15) is 6.92 Å². The van der Waals surface area contributed by atoms with Gasteiger partial charge in [-0.15, -0.1) is 0 Å². The van der Waals surface area contributed by atoms with Crippen LogP contribution in [0.5, 0.6) is 0 Å². The first kappa shape index (κ1) is 19.3. The highest BCUT2D eigenvalue weighted by Gasteiger charge is 2.49. The highest BCUT2D eigenvalue weighted by Crippen LogP contribution is 2.47. The molecule has 1 rings (SSSR count). The molecule has 21 heavy (non-hydrogen) atoms. The van der Waals surface area contributed by atoms with Crippen LogP contribution in [0.4, 0.5) is 0 Å². The van der Waals surface area contributed by atoms with Gasteiger partial charge in [0.05, 0.1) is 25.4 Å². The van der Waals surface area contributed by atoms with Crippen LogP contribution in [-0.4, -0.2) is 85.4 Å². The highest BCUT2D eigenvalue weighted by atomic mass is 32.5. The molecule has 0 aliphatic heterocycles. The molecule has 0 aromatic carbocycles. The van der Waals surface area contributed by atoms with Crippen LogP contribution in [0.15, 0.2) is 0 Å². The largest absolute Gasteiger partial charge is 0.394 e. The minimum atomic E-state index is -3.96. The molecular weight excluding hydrogens is 327 g/mol. The van der Waals surface area contributed by atoms with Gasteiger partial charge < -0.3 is 40.1 Å². The van der Waals surface area contributed by atoms with E-state index in [9.17, 15) is 25.3 Å². The molecule has 1 aliphatic carbocycles. The van der Waals surface area contributed by atoms with E-state index in [1.807, 2.05) is 0 Å². The predicted octanol–water partition coefficient (Wildman–Crippen LogP) is -2.95. The maximum Gasteiger partial charge on any atom is 0.325 e. The van der Waals surface area contributed by atoms with Gasteiger partial charge in [0.1, 0.15) is 24.4 Å². The lowest BCUT2D eigenvalue weighted by molar-refractivity contribution is -0.194. The van der Waals surface area contributed by atoms with Gasteiger partial charge >= 0.3 is 6.72 Å². The summed E-state index contributed by atoms with van der Waals surface area (Å²) in [6.07, 6.45) is -8.76. The Labute approximate surface area is 126 Å². The van der Waals surface area contributed by atoms with E-state index < -0.39 is 62.5 Å². The van der Waals surface area contributed by atoms with E-state index in [0.717, 1.165) is 0 Å². The van der Waals surface area contributed by atoms with E-state index in [2.05, 4.69) is 11.8 Å². The van der Waals surface area contributed by atoms with Crippen molar-refractivity contribution in [3.8, 4) is 0 Å². The van der Waals surface area contributed by atoms with Gasteiger partial charge in [0.2, 0.25) is 0 Å². The minimum absolute atomic E-state index is 0.509. The second kappa shape index (κ2) is 7.71. The van der Waals surface area contributed by atoms with Crippen molar-refractivity contribution in [3.05, 3.63) is 0 Å². The summed E-state index contributed by atoms with van der Waals surface area (Å²) in [5.41, 5.74) is 0. The van der Waals surface area contributed by atoms with Crippen LogP contribution in [0.2, 0.25) is 0 Å². The van der Waals surface area contributed by atoms with Crippen molar-refractivity contribution in [1.29, 1.82) is 0 Å². The third-order valence-electron chi connectivity index (χ3n) is 3.35. The molecule has 8 atom stereocenters. The monoisotopic (exact) mass is 348 g/mol. The van der Waals surface area contributed by atoms with E-state index in [1.165, 1.54) is 6.92 Å². The highest BCUT2D eigenvalue weighted by molar-refractivity contribution is 8.07. The first-order valence-electron chi connectivity index (χ1n) is 6.27. The molecule has 11 heteroatoms. The van der Waals surface area contributed by atoms with Gasteiger partial charge in [0.15, 0.2) is 0 Å². The maximum atomic E-state index is 9.85. The summed E-state index contributed by atoms with van der Waals surface area (Å²) in [4.78, 5) is 9.79. The predicted molar refractivity (Wildman–Crippen MR) is 73.6 cm³/mol. The van der Waals surface area contributed by atoms with E-state index in [4.69, 9.17) is 19.3 Å². The quantitative estimate of drug-likeness (QED) is 0.247. The van der Waals surface area contributed by atoms with Crippen molar-refractivity contribution in [1.82, 2.24) is 0 Å². The lowest BCUT2D eigenvalue weighted by Gasteiger charge is -2.43. The van der Waals surface area contributed by atoms with Crippen molar-refractivity contribution >= 4 is 18.5 Å². The lowest BCUT2D eigenvalue weighted by atomic mass is 9.80. The van der Waals surface area contributed by atoms with Crippen molar-refractivity contribution in [3.63, 3.8) is 0 Å². The fourth-order valence-corrected chi connectivity index (χ4v) is 3.42. The number of aliphatic hydroxyl groups is 6. The molecule has 0 radical (unpaired) electrons. The first-order chi connectivity index (χ1) is 9.60. The molecule has 0 aromatic rings. The Morgan fingerprint density at radius 1 is 1.10 bits per heavy atom. The van der Waals surface area contributed by atoms with Crippen LogP contribution in [0, 0.1) is 5.92 Å². The summed E-state index contributed by atoms with van der Waals surface area (Å²) in [5.74, 6) is -0.802. The fourth-order valence-electron chi connectivity index (χ4n) is 1.96. The molecule has 0 bridgehead atoms. The molecule has 9 nitrogen and oxygen atoms in total. The molecule has 0 amide bonds. The summed E-state index contributed by atoms with van der Waals surface area (Å²) < 4.78 is 9.68. The standard InChI is InChI=1S/C10H21O9PS/c1-4-6(13)8(15)10(9(16)7(4)14)19-20(17,21)18-3-5(12)2-11/h4-16H,2-3H2,1H3,(H,17,21)/t4?,5?,6-,7+,8-,9?,10-,20?/m1/s1. The minimum Gasteiger partial charge on any atom is -0.394 e. The summed E-state index contributed by atoms with van der Waals surface area (Å²) in [5, 5.41) is 56.9. The zero-order valence-corrected chi connectivity index (χ0v) is 13.0. The molecule has 7 N–H and O–H groups in total. The van der Waals surface area contributed by atoms with Gasteiger partial charge in [-0.1, -0.05) is 6.92 Å². The lowest BCUT2D eigenvalue weighted by Crippen LogP contribution is -2.60. The van der Waals surface area contributed by atoms with Gasteiger partial charge in [-0.05, 0) is 11.8 Å². The smallest absolute Gasteiger partial charge is 0.325 e. The molecule has 0 saturated heterocycles. The summed E-state index contributed by atoms with van der Waals surface area (Å²) >= 11 is 4.65. The van der Waals surface area contributed by atoms with E-state index >= 15 is 0 Å². The molecule has 1 fully saturated rings. The number of aliphatic hydroxyl groups excluding tert-OH is 6. The van der Waals surface area contributed by atoms with Crippen LogP contribution in [0.3, 0.4) is 0 Å². The SMILES string of the molecule is CC1[C@H](O)C(O)[C@H](OP(O)(=S)OCC(O)CO)[C@H](O)[C@@H]1O. The average Bonchev–Trinajstić information content (AvgIpc) is 2.45. The van der Waals surface area contributed by atoms with Crippen molar-refractivity contribution < 1.29 is 44.6 Å². The molecule has 1 aliphatic rings. The molecule has 0 aromatic heterocycles. The van der Waals surface area contributed by atoms with Gasteiger partial charge in [-0.3, -0.25) is 4.52 Å². The zero-order valence-electron chi connectivity index (χ0n) is 11.3. The third-order valence-corrected chi connectivity index (χ3v) is 4.91. The van der Waals surface area contributed by atoms with Gasteiger partial charge in [-0.2, -0.15) is 0 Å². The molecular formula is C10H21O9PS. The van der Waals surface area contributed by atoms with Crippen LogP contribution in [0.25, 0.3) is 0 Å². The topological polar surface area (TPSA) is 160 Å². The van der Waals surface area contributed by atoms with E-state index in [-0.39, 0.29) is 0 Å². The van der Waals surface area contributed by atoms with Gasteiger partial charge in [-0.25, -0.2) is 0 Å².